The van der Waals surface area contributed by atoms with Crippen LogP contribution in [0.2, 0.25) is 0 Å². The van der Waals surface area contributed by atoms with E-state index in [4.69, 9.17) is 0 Å². The summed E-state index contributed by atoms with van der Waals surface area (Å²) in [6, 6.07) is 10.1. The Balaban J connectivity index is 2.45. The van der Waals surface area contributed by atoms with Gasteiger partial charge in [-0.05, 0) is 5.56 Å². The van der Waals surface area contributed by atoms with Gasteiger partial charge >= 0.3 is 9.68 Å². The van der Waals surface area contributed by atoms with Gasteiger partial charge < -0.3 is 0 Å². The first kappa shape index (κ1) is 7.94. The monoisotopic (exact) mass is 166 g/mol. The second-order valence-electron chi connectivity index (χ2n) is 2.16. The molecule has 1 aromatic carbocycles. The van der Waals surface area contributed by atoms with Gasteiger partial charge in [-0.1, -0.05) is 34.9 Å². The Kier molecular flexibility index (Phi) is 2.80. The molecule has 0 aliphatic carbocycles. The average Bonchev–Trinajstić information content (AvgIpc) is 2.03. The highest BCUT2D eigenvalue weighted by molar-refractivity contribution is 6.24. The largest absolute Gasteiger partial charge is 0.475 e. The van der Waals surface area contributed by atoms with Gasteiger partial charge in [-0.15, -0.1) is 0 Å². The van der Waals surface area contributed by atoms with Crippen LogP contribution in [0.4, 0.5) is 0 Å². The molecule has 3 nitrogen and oxygen atoms in total. The minimum Gasteiger partial charge on any atom is -0.290 e. The molecular formula is C7H8NO2Si. The summed E-state index contributed by atoms with van der Waals surface area (Å²) in [7, 11) is -0.671. The standard InChI is InChI=1S/C7H8NO2Si/c9-8(10)11-6-7-4-2-1-3-5-7/h1-5,11H,6H2. The van der Waals surface area contributed by atoms with Crippen molar-refractivity contribution in [1.82, 2.24) is 0 Å². The topological polar surface area (TPSA) is 43.1 Å². The lowest BCUT2D eigenvalue weighted by molar-refractivity contribution is -0.322. The third kappa shape index (κ3) is 2.95. The van der Waals surface area contributed by atoms with E-state index in [-0.39, 0.29) is 4.59 Å². The Bertz CT molecular complexity index is 237. The van der Waals surface area contributed by atoms with Crippen LogP contribution < -0.4 is 0 Å². The predicted molar refractivity (Wildman–Crippen MR) is 44.3 cm³/mol. The first-order valence-corrected chi connectivity index (χ1v) is 4.63. The minimum atomic E-state index is -0.671. The lowest BCUT2D eigenvalue weighted by Crippen LogP contribution is -2.08. The maximum absolute atomic E-state index is 10.0. The summed E-state index contributed by atoms with van der Waals surface area (Å²) in [5, 5.41) is 10.0. The van der Waals surface area contributed by atoms with E-state index in [1.165, 1.54) is 0 Å². The third-order valence-corrected chi connectivity index (χ3v) is 2.27. The molecule has 0 fully saturated rings. The van der Waals surface area contributed by atoms with Crippen molar-refractivity contribution >= 4 is 9.68 Å². The number of nitrogens with zero attached hydrogens (tertiary/aromatic N) is 1. The van der Waals surface area contributed by atoms with E-state index in [9.17, 15) is 10.1 Å². The zero-order valence-electron chi connectivity index (χ0n) is 5.93. The van der Waals surface area contributed by atoms with Crippen LogP contribution in [0.3, 0.4) is 0 Å². The van der Waals surface area contributed by atoms with Crippen molar-refractivity contribution < 1.29 is 4.59 Å². The van der Waals surface area contributed by atoms with E-state index in [0.29, 0.717) is 6.04 Å². The fourth-order valence-electron chi connectivity index (χ4n) is 0.794. The van der Waals surface area contributed by atoms with E-state index >= 15 is 0 Å². The van der Waals surface area contributed by atoms with Gasteiger partial charge in [0.1, 0.15) is 0 Å². The first-order valence-electron chi connectivity index (χ1n) is 3.30. The number of hydrogen-bond donors (Lipinski definition) is 0. The van der Waals surface area contributed by atoms with Crippen molar-refractivity contribution in [1.29, 1.82) is 0 Å². The summed E-state index contributed by atoms with van der Waals surface area (Å²) < 4.78 is -0.215. The van der Waals surface area contributed by atoms with Gasteiger partial charge in [-0.3, -0.25) is 10.1 Å². The summed E-state index contributed by atoms with van der Waals surface area (Å²) >= 11 is 0. The van der Waals surface area contributed by atoms with Crippen molar-refractivity contribution in [2.24, 2.45) is 0 Å². The number of benzene rings is 1. The highest BCUT2D eigenvalue weighted by atomic mass is 28.2. The van der Waals surface area contributed by atoms with Crippen molar-refractivity contribution in [3.63, 3.8) is 0 Å². The van der Waals surface area contributed by atoms with E-state index in [0.717, 1.165) is 5.56 Å². The van der Waals surface area contributed by atoms with Gasteiger partial charge in [-0.2, -0.15) is 0 Å². The lowest BCUT2D eigenvalue weighted by Gasteiger charge is -1.92. The quantitative estimate of drug-likeness (QED) is 0.379. The highest BCUT2D eigenvalue weighted by Crippen LogP contribution is 1.97. The maximum atomic E-state index is 10.0. The first-order chi connectivity index (χ1) is 5.29. The molecule has 0 aromatic heterocycles. The molecule has 57 valence electrons. The van der Waals surface area contributed by atoms with Gasteiger partial charge in [0.05, 0.1) is 0 Å². The number of rotatable bonds is 3. The molecule has 4 heteroatoms. The lowest BCUT2D eigenvalue weighted by atomic mass is 10.2. The fraction of sp³-hybridized carbons (Fsp3) is 0.143. The second kappa shape index (κ2) is 3.87. The molecule has 0 heterocycles. The van der Waals surface area contributed by atoms with Crippen molar-refractivity contribution in [2.45, 2.75) is 6.04 Å². The zero-order chi connectivity index (χ0) is 8.10. The Labute approximate surface area is 67.1 Å². The third-order valence-electron chi connectivity index (χ3n) is 1.32. The van der Waals surface area contributed by atoms with Gasteiger partial charge in [0.2, 0.25) is 0 Å². The van der Waals surface area contributed by atoms with Crippen LogP contribution in [-0.2, 0) is 6.04 Å². The van der Waals surface area contributed by atoms with Crippen LogP contribution in [0.25, 0.3) is 0 Å². The Morgan fingerprint density at radius 1 is 1.36 bits per heavy atom. The maximum Gasteiger partial charge on any atom is 0.475 e. The molecule has 0 atom stereocenters. The van der Waals surface area contributed by atoms with E-state index in [1.807, 2.05) is 30.3 Å². The molecule has 1 radical (unpaired) electrons. The van der Waals surface area contributed by atoms with Crippen LogP contribution in [0.15, 0.2) is 30.3 Å². The Morgan fingerprint density at radius 3 is 2.55 bits per heavy atom. The van der Waals surface area contributed by atoms with Crippen LogP contribution in [0.5, 0.6) is 0 Å². The minimum absolute atomic E-state index is 0.215. The van der Waals surface area contributed by atoms with Crippen LogP contribution in [0.1, 0.15) is 5.56 Å². The van der Waals surface area contributed by atoms with Gasteiger partial charge in [0.15, 0.2) is 0 Å². The number of nitro groups is 1. The molecule has 0 aliphatic heterocycles. The van der Waals surface area contributed by atoms with E-state index in [1.54, 1.807) is 0 Å². The average molecular weight is 166 g/mol. The SMILES string of the molecule is O=[N+]([O-])[SiH]Cc1ccccc1. The molecule has 0 saturated carbocycles. The summed E-state index contributed by atoms with van der Waals surface area (Å²) in [6.45, 7) is 0. The molecule has 1 rings (SSSR count). The molecule has 0 saturated heterocycles. The summed E-state index contributed by atoms with van der Waals surface area (Å²) in [5.74, 6) is 0. The van der Waals surface area contributed by atoms with Crippen LogP contribution in [-0.4, -0.2) is 14.3 Å². The molecule has 0 bridgehead atoms. The van der Waals surface area contributed by atoms with Gasteiger partial charge in [0.25, 0.3) is 0 Å². The van der Waals surface area contributed by atoms with Crippen molar-refractivity contribution in [3.8, 4) is 0 Å². The summed E-state index contributed by atoms with van der Waals surface area (Å²) in [6.07, 6.45) is 0. The molecule has 1 aromatic rings. The van der Waals surface area contributed by atoms with E-state index in [2.05, 4.69) is 0 Å². The summed E-state index contributed by atoms with van der Waals surface area (Å²) in [5.41, 5.74) is 1.05. The Morgan fingerprint density at radius 2 is 2.00 bits per heavy atom. The second-order valence-corrected chi connectivity index (χ2v) is 3.35. The normalized spacial score (nSPS) is 9.45. The summed E-state index contributed by atoms with van der Waals surface area (Å²) in [4.78, 5) is 10.0. The zero-order valence-corrected chi connectivity index (χ0v) is 7.09. The predicted octanol–water partition coefficient (Wildman–Crippen LogP) is 0.815. The van der Waals surface area contributed by atoms with Crippen LogP contribution >= 0.6 is 0 Å². The molecule has 0 unspecified atom stereocenters. The molecule has 0 spiro atoms. The number of hydrogen-bond acceptors (Lipinski definition) is 2. The van der Waals surface area contributed by atoms with Gasteiger partial charge in [0, 0.05) is 6.04 Å². The molecular weight excluding hydrogens is 158 g/mol. The van der Waals surface area contributed by atoms with E-state index < -0.39 is 9.68 Å². The highest BCUT2D eigenvalue weighted by Gasteiger charge is 2.03. The Hall–Kier alpha value is -1.16. The molecule has 11 heavy (non-hydrogen) atoms. The molecule has 0 aliphatic rings. The smallest absolute Gasteiger partial charge is 0.290 e. The molecule has 0 N–H and O–H groups in total. The van der Waals surface area contributed by atoms with Gasteiger partial charge in [-0.25, -0.2) is 0 Å². The fourth-order valence-corrected chi connectivity index (χ4v) is 1.43. The van der Waals surface area contributed by atoms with Crippen molar-refractivity contribution in [2.75, 3.05) is 0 Å². The van der Waals surface area contributed by atoms with Crippen molar-refractivity contribution in [3.05, 3.63) is 46.0 Å². The molecule has 0 amide bonds. The van der Waals surface area contributed by atoms with Crippen LogP contribution in [0, 0.1) is 10.1 Å².